The van der Waals surface area contributed by atoms with Gasteiger partial charge in [0.05, 0.1) is 12.7 Å². The van der Waals surface area contributed by atoms with Crippen LogP contribution in [-0.2, 0) is 11.2 Å². The quantitative estimate of drug-likeness (QED) is 0.786. The molecule has 0 saturated carbocycles. The number of fused-ring (bicyclic) bond motifs is 1. The number of hydrogen-bond donors (Lipinski definition) is 1. The van der Waals surface area contributed by atoms with E-state index in [1.54, 1.807) is 0 Å². The van der Waals surface area contributed by atoms with E-state index in [2.05, 4.69) is 23.1 Å². The van der Waals surface area contributed by atoms with E-state index in [4.69, 9.17) is 4.74 Å². The minimum Gasteiger partial charge on any atom is -0.387 e. The molecule has 1 heterocycles. The SMILES string of the molecule is OC1c2ccccc2CCCC1N1CCCOCC1. The van der Waals surface area contributed by atoms with Gasteiger partial charge in [0.1, 0.15) is 0 Å². The minimum absolute atomic E-state index is 0.255. The summed E-state index contributed by atoms with van der Waals surface area (Å²) in [5.74, 6) is 0. The van der Waals surface area contributed by atoms with Crippen LogP contribution in [0.1, 0.15) is 36.5 Å². The lowest BCUT2D eigenvalue weighted by Crippen LogP contribution is -2.41. The minimum atomic E-state index is -0.350. The summed E-state index contributed by atoms with van der Waals surface area (Å²) >= 11 is 0. The standard InChI is InChI=1S/C16H23NO2/c18-16-14-7-2-1-5-13(14)6-3-8-15(16)17-9-4-11-19-12-10-17/h1-2,5,7,15-16,18H,3-4,6,8-12H2. The van der Waals surface area contributed by atoms with E-state index < -0.39 is 0 Å². The maximum absolute atomic E-state index is 10.8. The topological polar surface area (TPSA) is 32.7 Å². The van der Waals surface area contributed by atoms with E-state index in [1.807, 2.05) is 6.07 Å². The van der Waals surface area contributed by atoms with Crippen molar-refractivity contribution in [3.8, 4) is 0 Å². The van der Waals surface area contributed by atoms with Crippen LogP contribution in [0.4, 0.5) is 0 Å². The number of hydrogen-bond acceptors (Lipinski definition) is 3. The third-order valence-corrected chi connectivity index (χ3v) is 4.41. The van der Waals surface area contributed by atoms with E-state index in [0.717, 1.165) is 57.6 Å². The van der Waals surface area contributed by atoms with Crippen LogP contribution in [0.25, 0.3) is 0 Å². The predicted molar refractivity (Wildman–Crippen MR) is 75.1 cm³/mol. The summed E-state index contributed by atoms with van der Waals surface area (Å²) in [5.41, 5.74) is 2.46. The molecule has 0 aromatic heterocycles. The van der Waals surface area contributed by atoms with Crippen LogP contribution < -0.4 is 0 Å². The highest BCUT2D eigenvalue weighted by Crippen LogP contribution is 2.32. The van der Waals surface area contributed by atoms with Gasteiger partial charge in [0.2, 0.25) is 0 Å². The molecule has 1 aliphatic carbocycles. The molecule has 1 fully saturated rings. The Morgan fingerprint density at radius 2 is 2.00 bits per heavy atom. The van der Waals surface area contributed by atoms with Gasteiger partial charge in [0.25, 0.3) is 0 Å². The summed E-state index contributed by atoms with van der Waals surface area (Å²) in [4.78, 5) is 2.43. The van der Waals surface area contributed by atoms with Gasteiger partial charge in [-0.05, 0) is 36.8 Å². The molecule has 3 nitrogen and oxygen atoms in total. The highest BCUT2D eigenvalue weighted by molar-refractivity contribution is 5.31. The second kappa shape index (κ2) is 6.04. The third kappa shape index (κ3) is 2.83. The van der Waals surface area contributed by atoms with E-state index in [9.17, 15) is 5.11 Å². The monoisotopic (exact) mass is 261 g/mol. The third-order valence-electron chi connectivity index (χ3n) is 4.41. The van der Waals surface area contributed by atoms with E-state index >= 15 is 0 Å². The normalized spacial score (nSPS) is 29.3. The summed E-state index contributed by atoms with van der Waals surface area (Å²) in [6.07, 6.45) is 4.06. The van der Waals surface area contributed by atoms with Gasteiger partial charge in [-0.2, -0.15) is 0 Å². The number of aliphatic hydroxyl groups is 1. The first kappa shape index (κ1) is 13.1. The molecule has 1 N–H and O–H groups in total. The van der Waals surface area contributed by atoms with Gasteiger partial charge in [-0.15, -0.1) is 0 Å². The van der Waals surface area contributed by atoms with Gasteiger partial charge in [0, 0.05) is 25.7 Å². The lowest BCUT2D eigenvalue weighted by atomic mass is 9.97. The van der Waals surface area contributed by atoms with Crippen molar-refractivity contribution in [2.45, 2.75) is 37.8 Å². The molecule has 2 aliphatic rings. The molecule has 1 aromatic carbocycles. The smallest absolute Gasteiger partial charge is 0.0947 e. The molecule has 104 valence electrons. The summed E-state index contributed by atoms with van der Waals surface area (Å²) in [6, 6.07) is 8.62. The van der Waals surface area contributed by atoms with Crippen LogP contribution in [0.3, 0.4) is 0 Å². The maximum atomic E-state index is 10.8. The van der Waals surface area contributed by atoms with Crippen LogP contribution in [0.15, 0.2) is 24.3 Å². The number of rotatable bonds is 1. The van der Waals surface area contributed by atoms with E-state index in [1.165, 1.54) is 5.56 Å². The molecule has 1 saturated heterocycles. The second-order valence-corrected chi connectivity index (χ2v) is 5.61. The highest BCUT2D eigenvalue weighted by atomic mass is 16.5. The highest BCUT2D eigenvalue weighted by Gasteiger charge is 2.30. The second-order valence-electron chi connectivity index (χ2n) is 5.61. The average molecular weight is 261 g/mol. The summed E-state index contributed by atoms with van der Waals surface area (Å²) in [5, 5.41) is 10.8. The van der Waals surface area contributed by atoms with Gasteiger partial charge in [-0.1, -0.05) is 24.3 Å². The van der Waals surface area contributed by atoms with Gasteiger partial charge in [-0.25, -0.2) is 0 Å². The average Bonchev–Trinajstić information content (AvgIpc) is 2.79. The fourth-order valence-electron chi connectivity index (χ4n) is 3.40. The summed E-state index contributed by atoms with van der Waals surface area (Å²) in [6.45, 7) is 3.65. The largest absolute Gasteiger partial charge is 0.387 e. The summed E-state index contributed by atoms with van der Waals surface area (Å²) < 4.78 is 5.53. The molecule has 19 heavy (non-hydrogen) atoms. The maximum Gasteiger partial charge on any atom is 0.0947 e. The van der Waals surface area contributed by atoms with Crippen molar-refractivity contribution in [2.24, 2.45) is 0 Å². The van der Waals surface area contributed by atoms with Crippen molar-refractivity contribution in [3.63, 3.8) is 0 Å². The van der Waals surface area contributed by atoms with Crippen LogP contribution in [0.2, 0.25) is 0 Å². The molecule has 2 atom stereocenters. The molecule has 0 bridgehead atoms. The van der Waals surface area contributed by atoms with E-state index in [-0.39, 0.29) is 12.1 Å². The van der Waals surface area contributed by atoms with Crippen molar-refractivity contribution in [3.05, 3.63) is 35.4 Å². The fourth-order valence-corrected chi connectivity index (χ4v) is 3.40. The Morgan fingerprint density at radius 3 is 2.95 bits per heavy atom. The Kier molecular flexibility index (Phi) is 4.16. The zero-order chi connectivity index (χ0) is 13.1. The zero-order valence-electron chi connectivity index (χ0n) is 11.4. The number of aryl methyl sites for hydroxylation is 1. The molecule has 0 amide bonds. The fraction of sp³-hybridized carbons (Fsp3) is 0.625. The van der Waals surface area contributed by atoms with Gasteiger partial charge in [0.15, 0.2) is 0 Å². The van der Waals surface area contributed by atoms with Crippen LogP contribution in [-0.4, -0.2) is 42.4 Å². The molecule has 0 radical (unpaired) electrons. The van der Waals surface area contributed by atoms with Gasteiger partial charge < -0.3 is 9.84 Å². The molecule has 2 unspecified atom stereocenters. The van der Waals surface area contributed by atoms with Crippen molar-refractivity contribution < 1.29 is 9.84 Å². The molecule has 3 rings (SSSR count). The summed E-state index contributed by atoms with van der Waals surface area (Å²) in [7, 11) is 0. The number of ether oxygens (including phenoxy) is 1. The Bertz CT molecular complexity index is 413. The van der Waals surface area contributed by atoms with Crippen molar-refractivity contribution in [2.75, 3.05) is 26.3 Å². The first-order chi connectivity index (χ1) is 9.36. The van der Waals surface area contributed by atoms with Crippen molar-refractivity contribution in [1.82, 2.24) is 4.90 Å². The van der Waals surface area contributed by atoms with Crippen LogP contribution in [0.5, 0.6) is 0 Å². The lowest BCUT2D eigenvalue weighted by molar-refractivity contribution is 0.0420. The molecule has 1 aliphatic heterocycles. The number of nitrogens with zero attached hydrogens (tertiary/aromatic N) is 1. The lowest BCUT2D eigenvalue weighted by Gasteiger charge is -2.33. The first-order valence-corrected chi connectivity index (χ1v) is 7.44. The number of benzene rings is 1. The first-order valence-electron chi connectivity index (χ1n) is 7.44. The molecule has 1 aromatic rings. The Morgan fingerprint density at radius 1 is 1.11 bits per heavy atom. The molecule has 0 spiro atoms. The zero-order valence-corrected chi connectivity index (χ0v) is 11.4. The van der Waals surface area contributed by atoms with Crippen molar-refractivity contribution in [1.29, 1.82) is 0 Å². The van der Waals surface area contributed by atoms with Crippen molar-refractivity contribution >= 4 is 0 Å². The van der Waals surface area contributed by atoms with E-state index in [0.29, 0.717) is 0 Å². The molecular formula is C16H23NO2. The van der Waals surface area contributed by atoms with Gasteiger partial charge >= 0.3 is 0 Å². The Hall–Kier alpha value is -0.900. The number of aliphatic hydroxyl groups excluding tert-OH is 1. The van der Waals surface area contributed by atoms with Crippen LogP contribution >= 0.6 is 0 Å². The van der Waals surface area contributed by atoms with Crippen LogP contribution in [0, 0.1) is 0 Å². The Labute approximate surface area is 115 Å². The molecular weight excluding hydrogens is 238 g/mol. The Balaban J connectivity index is 1.82. The predicted octanol–water partition coefficient (Wildman–Crippen LogP) is 2.15. The molecule has 3 heteroatoms. The van der Waals surface area contributed by atoms with Gasteiger partial charge in [-0.3, -0.25) is 4.90 Å².